The molecule has 0 aliphatic carbocycles. The standard InChI is InChI=1S/C16H14BrClFNO/c17-9-11-4-6-12(7-5-11)10-20-16(21)8-13-14(18)2-1-3-15(13)19/h1-7H,8-10H2,(H,20,21). The maximum Gasteiger partial charge on any atom is 0.224 e. The lowest BCUT2D eigenvalue weighted by Crippen LogP contribution is -2.25. The van der Waals surface area contributed by atoms with Gasteiger partial charge in [-0.3, -0.25) is 4.79 Å². The Morgan fingerprint density at radius 1 is 1.14 bits per heavy atom. The lowest BCUT2D eigenvalue weighted by Gasteiger charge is -2.08. The zero-order valence-corrected chi connectivity index (χ0v) is 13.5. The molecule has 5 heteroatoms. The van der Waals surface area contributed by atoms with Crippen molar-refractivity contribution in [3.8, 4) is 0 Å². The van der Waals surface area contributed by atoms with Gasteiger partial charge in [0.25, 0.3) is 0 Å². The van der Waals surface area contributed by atoms with Gasteiger partial charge in [0.05, 0.1) is 6.42 Å². The molecule has 2 rings (SSSR count). The van der Waals surface area contributed by atoms with Crippen molar-refractivity contribution in [1.82, 2.24) is 5.32 Å². The van der Waals surface area contributed by atoms with Gasteiger partial charge < -0.3 is 5.32 Å². The van der Waals surface area contributed by atoms with Crippen molar-refractivity contribution in [2.24, 2.45) is 0 Å². The highest BCUT2D eigenvalue weighted by Crippen LogP contribution is 2.19. The minimum Gasteiger partial charge on any atom is -0.352 e. The van der Waals surface area contributed by atoms with Crippen LogP contribution in [0.15, 0.2) is 42.5 Å². The number of halogens is 3. The number of nitrogens with one attached hydrogen (secondary N) is 1. The number of amides is 1. The van der Waals surface area contributed by atoms with E-state index < -0.39 is 5.82 Å². The van der Waals surface area contributed by atoms with Gasteiger partial charge in [-0.15, -0.1) is 0 Å². The average Bonchev–Trinajstić information content (AvgIpc) is 2.49. The van der Waals surface area contributed by atoms with Crippen LogP contribution in [-0.2, 0) is 23.1 Å². The van der Waals surface area contributed by atoms with Gasteiger partial charge in [-0.25, -0.2) is 4.39 Å². The van der Waals surface area contributed by atoms with E-state index >= 15 is 0 Å². The highest BCUT2D eigenvalue weighted by Gasteiger charge is 2.11. The first kappa shape index (κ1) is 16.0. The zero-order valence-electron chi connectivity index (χ0n) is 11.2. The molecule has 0 spiro atoms. The van der Waals surface area contributed by atoms with Crippen molar-refractivity contribution in [3.63, 3.8) is 0 Å². The van der Waals surface area contributed by atoms with E-state index in [2.05, 4.69) is 21.2 Å². The monoisotopic (exact) mass is 369 g/mol. The molecule has 0 saturated heterocycles. The Morgan fingerprint density at radius 3 is 2.43 bits per heavy atom. The highest BCUT2D eigenvalue weighted by atomic mass is 79.9. The van der Waals surface area contributed by atoms with Crippen LogP contribution in [0, 0.1) is 5.82 Å². The lowest BCUT2D eigenvalue weighted by molar-refractivity contribution is -0.120. The van der Waals surface area contributed by atoms with Crippen molar-refractivity contribution >= 4 is 33.4 Å². The molecule has 0 aliphatic heterocycles. The van der Waals surface area contributed by atoms with Gasteiger partial charge in [0.15, 0.2) is 0 Å². The summed E-state index contributed by atoms with van der Waals surface area (Å²) in [7, 11) is 0. The Balaban J connectivity index is 1.92. The SMILES string of the molecule is O=C(Cc1c(F)cccc1Cl)NCc1ccc(CBr)cc1. The minimum absolute atomic E-state index is 0.0645. The lowest BCUT2D eigenvalue weighted by atomic mass is 10.1. The van der Waals surface area contributed by atoms with Crippen LogP contribution in [-0.4, -0.2) is 5.91 Å². The van der Waals surface area contributed by atoms with Crippen LogP contribution >= 0.6 is 27.5 Å². The second-order valence-electron chi connectivity index (χ2n) is 4.60. The van der Waals surface area contributed by atoms with E-state index in [0.717, 1.165) is 10.9 Å². The summed E-state index contributed by atoms with van der Waals surface area (Å²) in [6, 6.07) is 12.3. The molecule has 110 valence electrons. The molecule has 0 aromatic heterocycles. The van der Waals surface area contributed by atoms with E-state index in [1.54, 1.807) is 6.07 Å². The second kappa shape index (κ2) is 7.57. The van der Waals surface area contributed by atoms with Gasteiger partial charge in [0.2, 0.25) is 5.91 Å². The Hall–Kier alpha value is -1.39. The summed E-state index contributed by atoms with van der Waals surface area (Å²) in [4.78, 5) is 11.9. The van der Waals surface area contributed by atoms with Crippen molar-refractivity contribution in [2.45, 2.75) is 18.3 Å². The fourth-order valence-electron chi connectivity index (χ4n) is 1.87. The maximum absolute atomic E-state index is 13.6. The topological polar surface area (TPSA) is 29.1 Å². The summed E-state index contributed by atoms with van der Waals surface area (Å²) in [6.07, 6.45) is -0.0645. The van der Waals surface area contributed by atoms with Gasteiger partial charge in [-0.1, -0.05) is 57.9 Å². The quantitative estimate of drug-likeness (QED) is 0.784. The Labute approximate surface area is 136 Å². The third-order valence-corrected chi connectivity index (χ3v) is 4.07. The highest BCUT2D eigenvalue weighted by molar-refractivity contribution is 9.08. The van der Waals surface area contributed by atoms with Crippen molar-refractivity contribution in [2.75, 3.05) is 0 Å². The molecule has 2 nitrogen and oxygen atoms in total. The minimum atomic E-state index is -0.459. The zero-order chi connectivity index (χ0) is 15.2. The number of benzene rings is 2. The average molecular weight is 371 g/mol. The number of rotatable bonds is 5. The van der Waals surface area contributed by atoms with Crippen molar-refractivity contribution in [3.05, 3.63) is 70.0 Å². The van der Waals surface area contributed by atoms with E-state index in [-0.39, 0.29) is 22.9 Å². The van der Waals surface area contributed by atoms with Crippen LogP contribution in [0.1, 0.15) is 16.7 Å². The van der Waals surface area contributed by atoms with Gasteiger partial charge in [-0.2, -0.15) is 0 Å². The molecule has 0 bridgehead atoms. The van der Waals surface area contributed by atoms with Crippen LogP contribution in [0.25, 0.3) is 0 Å². The van der Waals surface area contributed by atoms with Crippen LogP contribution in [0.3, 0.4) is 0 Å². The molecule has 1 amide bonds. The Morgan fingerprint density at radius 2 is 1.81 bits per heavy atom. The van der Waals surface area contributed by atoms with Crippen molar-refractivity contribution < 1.29 is 9.18 Å². The van der Waals surface area contributed by atoms with Crippen molar-refractivity contribution in [1.29, 1.82) is 0 Å². The molecule has 0 fully saturated rings. The van der Waals surface area contributed by atoms with Crippen LogP contribution in [0.5, 0.6) is 0 Å². The van der Waals surface area contributed by atoms with E-state index in [1.165, 1.54) is 17.7 Å². The number of carbonyl (C=O) groups excluding carboxylic acids is 1. The molecule has 2 aromatic rings. The molecule has 0 aliphatic rings. The first-order valence-electron chi connectivity index (χ1n) is 6.43. The summed E-state index contributed by atoms with van der Waals surface area (Å²) >= 11 is 9.28. The van der Waals surface area contributed by atoms with Gasteiger partial charge >= 0.3 is 0 Å². The van der Waals surface area contributed by atoms with Crippen LogP contribution < -0.4 is 5.32 Å². The summed E-state index contributed by atoms with van der Waals surface area (Å²) in [5.41, 5.74) is 2.39. The normalized spacial score (nSPS) is 10.4. The number of alkyl halides is 1. The Kier molecular flexibility index (Phi) is 5.76. The molecule has 0 unspecified atom stereocenters. The molecular weight excluding hydrogens is 357 g/mol. The fourth-order valence-corrected chi connectivity index (χ4v) is 2.47. The number of carbonyl (C=O) groups is 1. The molecule has 0 saturated carbocycles. The largest absolute Gasteiger partial charge is 0.352 e. The first-order chi connectivity index (χ1) is 10.1. The van der Waals surface area contributed by atoms with Gasteiger partial charge in [0, 0.05) is 22.5 Å². The maximum atomic E-state index is 13.6. The Bertz CT molecular complexity index is 610. The van der Waals surface area contributed by atoms with Gasteiger partial charge in [0.1, 0.15) is 5.82 Å². The predicted octanol–water partition coefficient (Wildman–Crippen LogP) is 4.23. The summed E-state index contributed by atoms with van der Waals surface area (Å²) in [5.74, 6) is -0.717. The summed E-state index contributed by atoms with van der Waals surface area (Å²) < 4.78 is 13.6. The number of hydrogen-bond donors (Lipinski definition) is 1. The molecule has 21 heavy (non-hydrogen) atoms. The third kappa shape index (κ3) is 4.55. The second-order valence-corrected chi connectivity index (χ2v) is 5.57. The molecule has 0 heterocycles. The molecular formula is C16H14BrClFNO. The molecule has 0 radical (unpaired) electrons. The third-order valence-electron chi connectivity index (χ3n) is 3.07. The van der Waals surface area contributed by atoms with E-state index in [0.29, 0.717) is 6.54 Å². The van der Waals surface area contributed by atoms with Gasteiger partial charge in [-0.05, 0) is 23.3 Å². The fraction of sp³-hybridized carbons (Fsp3) is 0.188. The smallest absolute Gasteiger partial charge is 0.224 e. The van der Waals surface area contributed by atoms with E-state index in [1.807, 2.05) is 24.3 Å². The summed E-state index contributed by atoms with van der Waals surface area (Å²) in [6.45, 7) is 0.410. The number of hydrogen-bond acceptors (Lipinski definition) is 1. The van der Waals surface area contributed by atoms with Crippen LogP contribution in [0.2, 0.25) is 5.02 Å². The molecule has 1 N–H and O–H groups in total. The van der Waals surface area contributed by atoms with Crippen LogP contribution in [0.4, 0.5) is 4.39 Å². The summed E-state index contributed by atoms with van der Waals surface area (Å²) in [5, 5.41) is 3.83. The van der Waals surface area contributed by atoms with E-state index in [4.69, 9.17) is 11.6 Å². The first-order valence-corrected chi connectivity index (χ1v) is 7.93. The molecule has 2 aromatic carbocycles. The van der Waals surface area contributed by atoms with E-state index in [9.17, 15) is 9.18 Å². The predicted molar refractivity (Wildman–Crippen MR) is 86.0 cm³/mol. The molecule has 0 atom stereocenters.